The van der Waals surface area contributed by atoms with E-state index in [2.05, 4.69) is 24.9 Å². The molecule has 0 saturated heterocycles. The largest absolute Gasteiger partial charge is 0.245 e. The molecule has 0 amide bonds. The number of thioether (sulfide) groups is 1. The van der Waals surface area contributed by atoms with E-state index in [4.69, 9.17) is 5.26 Å². The number of aromatic nitrogens is 1. The van der Waals surface area contributed by atoms with Gasteiger partial charge in [-0.15, -0.1) is 11.8 Å². The molecule has 0 aromatic carbocycles. The molecule has 15 heavy (non-hydrogen) atoms. The Kier molecular flexibility index (Phi) is 4.64. The van der Waals surface area contributed by atoms with Gasteiger partial charge in [0.15, 0.2) is 0 Å². The van der Waals surface area contributed by atoms with Crippen LogP contribution in [0.25, 0.3) is 0 Å². The molecule has 1 aromatic rings. The molecular formula is C12H16N2S. The molecule has 0 saturated carbocycles. The molecular weight excluding hydrogens is 204 g/mol. The minimum atomic E-state index is 0.670. The molecule has 1 atom stereocenters. The molecule has 1 rings (SSSR count). The van der Waals surface area contributed by atoms with Gasteiger partial charge in [0, 0.05) is 11.4 Å². The number of aryl methyl sites for hydroxylation is 1. The van der Waals surface area contributed by atoms with Crippen molar-refractivity contribution in [2.45, 2.75) is 32.2 Å². The number of pyridine rings is 1. The molecule has 0 bridgehead atoms. The van der Waals surface area contributed by atoms with Crippen LogP contribution in [0.5, 0.6) is 0 Å². The summed E-state index contributed by atoms with van der Waals surface area (Å²) in [5, 5.41) is 9.80. The van der Waals surface area contributed by atoms with Crippen molar-refractivity contribution in [3.8, 4) is 6.07 Å². The zero-order valence-electron chi connectivity index (χ0n) is 9.45. The van der Waals surface area contributed by atoms with E-state index in [0.29, 0.717) is 11.5 Å². The first-order chi connectivity index (χ1) is 7.17. The maximum absolute atomic E-state index is 8.93. The van der Waals surface area contributed by atoms with Gasteiger partial charge in [-0.3, -0.25) is 0 Å². The summed E-state index contributed by atoms with van der Waals surface area (Å²) in [7, 11) is 0. The first-order valence-corrected chi connectivity index (χ1v) is 6.16. The van der Waals surface area contributed by atoms with E-state index in [0.717, 1.165) is 16.5 Å². The number of hydrogen-bond acceptors (Lipinski definition) is 3. The Hall–Kier alpha value is -1.01. The fourth-order valence-electron chi connectivity index (χ4n) is 1.07. The van der Waals surface area contributed by atoms with E-state index in [1.165, 1.54) is 6.42 Å². The zero-order chi connectivity index (χ0) is 11.3. The summed E-state index contributed by atoms with van der Waals surface area (Å²) >= 11 is 1.68. The fraction of sp³-hybridized carbons (Fsp3) is 0.500. The lowest BCUT2D eigenvalue weighted by Crippen LogP contribution is -1.97. The maximum atomic E-state index is 8.93. The minimum Gasteiger partial charge on any atom is -0.245 e. The van der Waals surface area contributed by atoms with Crippen molar-refractivity contribution in [2.24, 2.45) is 5.92 Å². The molecule has 0 aliphatic heterocycles. The highest BCUT2D eigenvalue weighted by Gasteiger charge is 2.06. The topological polar surface area (TPSA) is 36.7 Å². The second-order valence-electron chi connectivity index (χ2n) is 3.74. The first kappa shape index (κ1) is 12.1. The summed E-state index contributed by atoms with van der Waals surface area (Å²) in [6, 6.07) is 5.91. The summed E-state index contributed by atoms with van der Waals surface area (Å²) in [5.41, 5.74) is 1.66. The molecule has 0 spiro atoms. The highest BCUT2D eigenvalue weighted by atomic mass is 32.2. The van der Waals surface area contributed by atoms with Crippen LogP contribution in [0.1, 0.15) is 31.5 Å². The predicted octanol–water partition coefficient (Wildman–Crippen LogP) is 3.40. The standard InChI is InChI=1S/C12H16N2S/c1-4-9(2)8-15-12-11(7-13)6-5-10(3)14-12/h5-6,9H,4,8H2,1-3H3. The van der Waals surface area contributed by atoms with Gasteiger partial charge >= 0.3 is 0 Å². The third kappa shape index (κ3) is 3.56. The van der Waals surface area contributed by atoms with Gasteiger partial charge in [0.2, 0.25) is 0 Å². The fourth-order valence-corrected chi connectivity index (χ4v) is 2.22. The van der Waals surface area contributed by atoms with Crippen LogP contribution in [0, 0.1) is 24.2 Å². The van der Waals surface area contributed by atoms with E-state index in [1.54, 1.807) is 11.8 Å². The van der Waals surface area contributed by atoms with Crippen molar-refractivity contribution in [2.75, 3.05) is 5.75 Å². The van der Waals surface area contributed by atoms with Gasteiger partial charge in [0.05, 0.1) is 5.56 Å². The monoisotopic (exact) mass is 220 g/mol. The zero-order valence-corrected chi connectivity index (χ0v) is 10.3. The van der Waals surface area contributed by atoms with E-state index in [9.17, 15) is 0 Å². The lowest BCUT2D eigenvalue weighted by atomic mass is 10.2. The second-order valence-corrected chi connectivity index (χ2v) is 4.75. The minimum absolute atomic E-state index is 0.670. The van der Waals surface area contributed by atoms with Crippen LogP contribution < -0.4 is 0 Å². The van der Waals surface area contributed by atoms with Gasteiger partial charge in [-0.05, 0) is 25.0 Å². The van der Waals surface area contributed by atoms with Gasteiger partial charge in [0.25, 0.3) is 0 Å². The quantitative estimate of drug-likeness (QED) is 0.730. The van der Waals surface area contributed by atoms with Crippen molar-refractivity contribution in [3.63, 3.8) is 0 Å². The van der Waals surface area contributed by atoms with Crippen molar-refractivity contribution >= 4 is 11.8 Å². The van der Waals surface area contributed by atoms with Crippen LogP contribution in [0.15, 0.2) is 17.2 Å². The lowest BCUT2D eigenvalue weighted by molar-refractivity contribution is 0.636. The summed E-state index contributed by atoms with van der Waals surface area (Å²) in [6.07, 6.45) is 1.17. The van der Waals surface area contributed by atoms with Crippen LogP contribution in [-0.4, -0.2) is 10.7 Å². The van der Waals surface area contributed by atoms with Gasteiger partial charge in [-0.2, -0.15) is 5.26 Å². The van der Waals surface area contributed by atoms with E-state index in [1.807, 2.05) is 19.1 Å². The molecule has 2 nitrogen and oxygen atoms in total. The Morgan fingerprint density at radius 2 is 2.27 bits per heavy atom. The van der Waals surface area contributed by atoms with Gasteiger partial charge in [-0.1, -0.05) is 20.3 Å². The van der Waals surface area contributed by atoms with Crippen molar-refractivity contribution in [1.29, 1.82) is 5.26 Å². The van der Waals surface area contributed by atoms with Crippen LogP contribution in [0.2, 0.25) is 0 Å². The van der Waals surface area contributed by atoms with Crippen molar-refractivity contribution in [3.05, 3.63) is 23.4 Å². The molecule has 0 aliphatic carbocycles. The second kappa shape index (κ2) is 5.77. The number of rotatable bonds is 4. The number of nitrogens with zero attached hydrogens (tertiary/aromatic N) is 2. The average molecular weight is 220 g/mol. The van der Waals surface area contributed by atoms with Crippen LogP contribution in [-0.2, 0) is 0 Å². The Labute approximate surface area is 95.7 Å². The predicted molar refractivity (Wildman–Crippen MR) is 63.9 cm³/mol. The molecule has 1 aromatic heterocycles. The maximum Gasteiger partial charge on any atom is 0.114 e. The van der Waals surface area contributed by atoms with Crippen molar-refractivity contribution < 1.29 is 0 Å². The summed E-state index contributed by atoms with van der Waals surface area (Å²) in [4.78, 5) is 4.39. The smallest absolute Gasteiger partial charge is 0.114 e. The van der Waals surface area contributed by atoms with Crippen LogP contribution in [0.4, 0.5) is 0 Å². The Bertz CT molecular complexity index is 368. The van der Waals surface area contributed by atoms with Gasteiger partial charge in [0.1, 0.15) is 11.1 Å². The van der Waals surface area contributed by atoms with Crippen LogP contribution >= 0.6 is 11.8 Å². The van der Waals surface area contributed by atoms with E-state index in [-0.39, 0.29) is 0 Å². The van der Waals surface area contributed by atoms with Crippen LogP contribution in [0.3, 0.4) is 0 Å². The Morgan fingerprint density at radius 3 is 2.87 bits per heavy atom. The molecule has 3 heteroatoms. The van der Waals surface area contributed by atoms with E-state index < -0.39 is 0 Å². The first-order valence-electron chi connectivity index (χ1n) is 5.18. The summed E-state index contributed by atoms with van der Waals surface area (Å²) < 4.78 is 0. The van der Waals surface area contributed by atoms with Crippen molar-refractivity contribution in [1.82, 2.24) is 4.98 Å². The molecule has 0 radical (unpaired) electrons. The highest BCUT2D eigenvalue weighted by Crippen LogP contribution is 2.23. The summed E-state index contributed by atoms with van der Waals surface area (Å²) in [5.74, 6) is 1.70. The summed E-state index contributed by atoms with van der Waals surface area (Å²) in [6.45, 7) is 6.35. The molecule has 0 aliphatic rings. The number of hydrogen-bond donors (Lipinski definition) is 0. The third-order valence-corrected chi connectivity index (χ3v) is 3.64. The Balaban J connectivity index is 2.75. The Morgan fingerprint density at radius 1 is 1.53 bits per heavy atom. The van der Waals surface area contributed by atoms with E-state index >= 15 is 0 Å². The van der Waals surface area contributed by atoms with Gasteiger partial charge in [-0.25, -0.2) is 4.98 Å². The SMILES string of the molecule is CCC(C)CSc1nc(C)ccc1C#N. The number of nitriles is 1. The van der Waals surface area contributed by atoms with Gasteiger partial charge < -0.3 is 0 Å². The normalized spacial score (nSPS) is 12.1. The average Bonchev–Trinajstić information content (AvgIpc) is 2.26. The third-order valence-electron chi connectivity index (χ3n) is 2.32. The highest BCUT2D eigenvalue weighted by molar-refractivity contribution is 7.99. The molecule has 80 valence electrons. The lowest BCUT2D eigenvalue weighted by Gasteiger charge is -2.08. The molecule has 0 fully saturated rings. The molecule has 0 N–H and O–H groups in total. The molecule has 1 heterocycles. The molecule has 1 unspecified atom stereocenters.